The van der Waals surface area contributed by atoms with Crippen LogP contribution in [0, 0.1) is 11.8 Å². The van der Waals surface area contributed by atoms with Crippen LogP contribution in [0.1, 0.15) is 26.7 Å². The third-order valence-corrected chi connectivity index (χ3v) is 3.74. The topological polar surface area (TPSA) is 54.2 Å². The second-order valence-electron chi connectivity index (χ2n) is 5.41. The number of anilines is 2. The molecular weight excluding hydrogens is 238 g/mol. The van der Waals surface area contributed by atoms with E-state index in [1.165, 1.54) is 6.42 Å². The van der Waals surface area contributed by atoms with Crippen molar-refractivity contribution in [2.45, 2.75) is 26.7 Å². The van der Waals surface area contributed by atoms with Gasteiger partial charge in [0.1, 0.15) is 5.82 Å². The van der Waals surface area contributed by atoms with Crippen LogP contribution in [0.25, 0.3) is 5.65 Å². The average molecular weight is 259 g/mol. The van der Waals surface area contributed by atoms with Crippen LogP contribution in [0.4, 0.5) is 11.6 Å². The summed E-state index contributed by atoms with van der Waals surface area (Å²) in [5, 5.41) is 6.78. The van der Waals surface area contributed by atoms with Crippen molar-refractivity contribution in [1.82, 2.24) is 14.4 Å². The number of hydrogen-bond donors (Lipinski definition) is 2. The van der Waals surface area contributed by atoms with E-state index in [-0.39, 0.29) is 0 Å². The number of nitrogens with one attached hydrogen (secondary N) is 2. The molecule has 0 bridgehead atoms. The van der Waals surface area contributed by atoms with Gasteiger partial charge in [-0.2, -0.15) is 0 Å². The molecule has 2 atom stereocenters. The van der Waals surface area contributed by atoms with Crippen LogP contribution in [0.15, 0.2) is 18.6 Å². The van der Waals surface area contributed by atoms with Gasteiger partial charge in [0, 0.05) is 25.5 Å². The van der Waals surface area contributed by atoms with Crippen LogP contribution in [0.2, 0.25) is 0 Å². The van der Waals surface area contributed by atoms with Gasteiger partial charge in [-0.05, 0) is 24.7 Å². The summed E-state index contributed by atoms with van der Waals surface area (Å²) in [5.41, 5.74) is 0.898. The van der Waals surface area contributed by atoms with Gasteiger partial charge in [0.05, 0.1) is 6.20 Å². The highest BCUT2D eigenvalue weighted by Crippen LogP contribution is 2.37. The first-order valence-electron chi connectivity index (χ1n) is 7.09. The fourth-order valence-corrected chi connectivity index (χ4v) is 2.30. The van der Waals surface area contributed by atoms with Crippen molar-refractivity contribution in [2.75, 3.05) is 23.7 Å². The molecule has 1 fully saturated rings. The Kier molecular flexibility index (Phi) is 3.27. The molecular formula is C14H21N5. The first-order chi connectivity index (χ1) is 9.28. The first kappa shape index (κ1) is 12.3. The summed E-state index contributed by atoms with van der Waals surface area (Å²) < 4.78 is 2.02. The summed E-state index contributed by atoms with van der Waals surface area (Å²) in [5.74, 6) is 3.43. The maximum absolute atomic E-state index is 4.63. The summed E-state index contributed by atoms with van der Waals surface area (Å²) >= 11 is 0. The van der Waals surface area contributed by atoms with E-state index in [0.29, 0.717) is 0 Å². The molecule has 19 heavy (non-hydrogen) atoms. The lowest BCUT2D eigenvalue weighted by atomic mass is 10.3. The largest absolute Gasteiger partial charge is 0.369 e. The molecule has 1 aliphatic carbocycles. The van der Waals surface area contributed by atoms with E-state index in [0.717, 1.165) is 48.6 Å². The zero-order chi connectivity index (χ0) is 13.2. The Morgan fingerprint density at radius 2 is 2.26 bits per heavy atom. The molecule has 0 spiro atoms. The molecule has 3 rings (SSSR count). The molecule has 2 N–H and O–H groups in total. The highest BCUT2D eigenvalue weighted by molar-refractivity contribution is 5.65. The number of fused-ring (bicyclic) bond motifs is 1. The van der Waals surface area contributed by atoms with Crippen molar-refractivity contribution in [2.24, 2.45) is 11.8 Å². The quantitative estimate of drug-likeness (QED) is 0.837. The Morgan fingerprint density at radius 3 is 3.00 bits per heavy atom. The Labute approximate surface area is 113 Å². The minimum absolute atomic E-state index is 0.795. The number of imidazole rings is 1. The summed E-state index contributed by atoms with van der Waals surface area (Å²) in [4.78, 5) is 9.00. The van der Waals surface area contributed by atoms with Crippen LogP contribution < -0.4 is 10.6 Å². The highest BCUT2D eigenvalue weighted by Gasteiger charge is 2.32. The van der Waals surface area contributed by atoms with E-state index in [1.807, 2.05) is 23.0 Å². The monoisotopic (exact) mass is 259 g/mol. The van der Waals surface area contributed by atoms with Gasteiger partial charge in [-0.25, -0.2) is 9.97 Å². The van der Waals surface area contributed by atoms with E-state index >= 15 is 0 Å². The van der Waals surface area contributed by atoms with Gasteiger partial charge in [0.2, 0.25) is 0 Å². The third-order valence-electron chi connectivity index (χ3n) is 3.74. The van der Waals surface area contributed by atoms with E-state index in [9.17, 15) is 0 Å². The number of rotatable bonds is 6. The third kappa shape index (κ3) is 2.64. The molecule has 0 saturated heterocycles. The molecule has 0 aliphatic heterocycles. The van der Waals surface area contributed by atoms with Crippen molar-refractivity contribution in [3.8, 4) is 0 Å². The van der Waals surface area contributed by atoms with Gasteiger partial charge in [-0.3, -0.25) is 0 Å². The Morgan fingerprint density at radius 1 is 1.42 bits per heavy atom. The first-order valence-corrected chi connectivity index (χ1v) is 7.09. The smallest absolute Gasteiger partial charge is 0.180 e. The predicted octanol–water partition coefficient (Wildman–Crippen LogP) is 2.62. The predicted molar refractivity (Wildman–Crippen MR) is 77.5 cm³/mol. The number of aromatic nitrogens is 3. The lowest BCUT2D eigenvalue weighted by Gasteiger charge is -2.10. The van der Waals surface area contributed by atoms with Crippen molar-refractivity contribution in [3.05, 3.63) is 18.6 Å². The van der Waals surface area contributed by atoms with Gasteiger partial charge < -0.3 is 15.0 Å². The summed E-state index contributed by atoms with van der Waals surface area (Å²) in [6, 6.07) is 0. The normalized spacial score (nSPS) is 21.6. The molecule has 0 radical (unpaired) electrons. The zero-order valence-corrected chi connectivity index (χ0v) is 11.6. The van der Waals surface area contributed by atoms with Gasteiger partial charge in [-0.1, -0.05) is 13.8 Å². The lowest BCUT2D eigenvalue weighted by Crippen LogP contribution is -2.10. The molecule has 1 saturated carbocycles. The summed E-state index contributed by atoms with van der Waals surface area (Å²) in [7, 11) is 0. The van der Waals surface area contributed by atoms with Crippen LogP contribution in [-0.4, -0.2) is 27.5 Å². The summed E-state index contributed by atoms with van der Waals surface area (Å²) in [6.45, 7) is 6.38. The van der Waals surface area contributed by atoms with Crippen LogP contribution >= 0.6 is 0 Å². The molecule has 2 unspecified atom stereocenters. The molecule has 5 nitrogen and oxygen atoms in total. The minimum Gasteiger partial charge on any atom is -0.369 e. The maximum atomic E-state index is 4.63. The SMILES string of the molecule is CCCNc1cn2ccnc2c(NCC2CC2C)n1. The molecule has 2 aromatic heterocycles. The van der Waals surface area contributed by atoms with Gasteiger partial charge in [0.15, 0.2) is 11.5 Å². The maximum Gasteiger partial charge on any atom is 0.180 e. The Hall–Kier alpha value is -1.78. The molecule has 0 amide bonds. The fraction of sp³-hybridized carbons (Fsp3) is 0.571. The standard InChI is InChI=1S/C14H21N5/c1-3-4-15-12-9-19-6-5-16-14(19)13(18-12)17-8-11-7-10(11)2/h5-6,9-11,15H,3-4,7-8H2,1-2H3,(H,17,18). The average Bonchev–Trinajstić information content (AvgIpc) is 2.91. The number of nitrogens with zero attached hydrogens (tertiary/aromatic N) is 3. The van der Waals surface area contributed by atoms with Gasteiger partial charge in [0.25, 0.3) is 0 Å². The fourth-order valence-electron chi connectivity index (χ4n) is 2.30. The van der Waals surface area contributed by atoms with E-state index in [2.05, 4.69) is 34.4 Å². The van der Waals surface area contributed by atoms with Crippen molar-refractivity contribution >= 4 is 17.3 Å². The zero-order valence-electron chi connectivity index (χ0n) is 11.6. The Bertz CT molecular complexity index is 562. The number of hydrogen-bond acceptors (Lipinski definition) is 4. The van der Waals surface area contributed by atoms with Crippen molar-refractivity contribution in [1.29, 1.82) is 0 Å². The molecule has 1 aliphatic rings. The second-order valence-corrected chi connectivity index (χ2v) is 5.41. The van der Waals surface area contributed by atoms with Crippen molar-refractivity contribution < 1.29 is 0 Å². The van der Waals surface area contributed by atoms with Gasteiger partial charge >= 0.3 is 0 Å². The molecule has 102 valence electrons. The van der Waals surface area contributed by atoms with E-state index in [1.54, 1.807) is 0 Å². The summed E-state index contributed by atoms with van der Waals surface area (Å²) in [6.07, 6.45) is 8.17. The van der Waals surface area contributed by atoms with Gasteiger partial charge in [-0.15, -0.1) is 0 Å². The van der Waals surface area contributed by atoms with Crippen LogP contribution in [-0.2, 0) is 0 Å². The minimum atomic E-state index is 0.795. The molecule has 2 aromatic rings. The molecule has 5 heteroatoms. The van der Waals surface area contributed by atoms with Crippen LogP contribution in [0.5, 0.6) is 0 Å². The van der Waals surface area contributed by atoms with Crippen LogP contribution in [0.3, 0.4) is 0 Å². The Balaban J connectivity index is 1.80. The van der Waals surface area contributed by atoms with E-state index in [4.69, 9.17) is 0 Å². The van der Waals surface area contributed by atoms with Crippen molar-refractivity contribution in [3.63, 3.8) is 0 Å². The molecule has 0 aromatic carbocycles. The highest BCUT2D eigenvalue weighted by atomic mass is 15.1. The van der Waals surface area contributed by atoms with E-state index < -0.39 is 0 Å². The second kappa shape index (κ2) is 5.07. The molecule has 2 heterocycles. The lowest BCUT2D eigenvalue weighted by molar-refractivity contribution is 0.784.